The van der Waals surface area contributed by atoms with Crippen LogP contribution in [0.5, 0.6) is 17.2 Å². The summed E-state index contributed by atoms with van der Waals surface area (Å²) in [7, 11) is 0. The third-order valence-electron chi connectivity index (χ3n) is 5.12. The van der Waals surface area contributed by atoms with Gasteiger partial charge in [0, 0.05) is 5.41 Å². The largest absolute Gasteiger partial charge is 0.508 e. The van der Waals surface area contributed by atoms with Gasteiger partial charge in [-0.15, -0.1) is 0 Å². The zero-order valence-corrected chi connectivity index (χ0v) is 15.3. The van der Waals surface area contributed by atoms with Gasteiger partial charge in [-0.2, -0.15) is 0 Å². The van der Waals surface area contributed by atoms with Crippen molar-refractivity contribution in [1.29, 1.82) is 0 Å². The molecule has 26 heavy (non-hydrogen) atoms. The van der Waals surface area contributed by atoms with Crippen molar-refractivity contribution < 1.29 is 15.3 Å². The van der Waals surface area contributed by atoms with E-state index in [1.54, 1.807) is 24.3 Å². The third kappa shape index (κ3) is 3.38. The van der Waals surface area contributed by atoms with E-state index in [2.05, 4.69) is 6.92 Å². The van der Waals surface area contributed by atoms with E-state index in [0.29, 0.717) is 5.75 Å². The standard InChI is InChI=1S/C23H24O3/c1-15-12-17(13-16(2)22(15)26)14-23(3,18-4-8-20(24)9-5-18)19-6-10-21(25)11-7-19/h4-13,24-26H,14H2,1-3H3. The monoisotopic (exact) mass is 348 g/mol. The second-order valence-corrected chi connectivity index (χ2v) is 7.18. The van der Waals surface area contributed by atoms with Crippen LogP contribution in [0.1, 0.15) is 34.7 Å². The van der Waals surface area contributed by atoms with Crippen molar-refractivity contribution in [2.75, 3.05) is 0 Å². The van der Waals surface area contributed by atoms with E-state index in [-0.39, 0.29) is 16.9 Å². The van der Waals surface area contributed by atoms with Crippen LogP contribution in [0.4, 0.5) is 0 Å². The number of benzene rings is 3. The molecule has 0 unspecified atom stereocenters. The van der Waals surface area contributed by atoms with E-state index < -0.39 is 0 Å². The average Bonchev–Trinajstić information content (AvgIpc) is 2.60. The first-order valence-corrected chi connectivity index (χ1v) is 8.68. The molecule has 3 aromatic rings. The first kappa shape index (κ1) is 17.9. The minimum absolute atomic E-state index is 0.234. The van der Waals surface area contributed by atoms with Gasteiger partial charge in [0.1, 0.15) is 17.2 Å². The third-order valence-corrected chi connectivity index (χ3v) is 5.12. The maximum Gasteiger partial charge on any atom is 0.121 e. The predicted octanol–water partition coefficient (Wildman–Crippen LogP) is 4.97. The second kappa shape index (κ2) is 6.75. The summed E-state index contributed by atoms with van der Waals surface area (Å²) in [6, 6.07) is 18.5. The van der Waals surface area contributed by atoms with Crippen molar-refractivity contribution >= 4 is 0 Å². The van der Waals surface area contributed by atoms with Crippen molar-refractivity contribution in [3.8, 4) is 17.2 Å². The minimum Gasteiger partial charge on any atom is -0.508 e. The molecule has 0 aliphatic carbocycles. The van der Waals surface area contributed by atoms with Gasteiger partial charge in [-0.05, 0) is 72.4 Å². The molecule has 0 amide bonds. The first-order chi connectivity index (χ1) is 12.3. The first-order valence-electron chi connectivity index (χ1n) is 8.68. The number of aromatic hydroxyl groups is 3. The molecule has 0 fully saturated rings. The van der Waals surface area contributed by atoms with E-state index in [0.717, 1.165) is 34.2 Å². The Morgan fingerprint density at radius 3 is 1.46 bits per heavy atom. The summed E-state index contributed by atoms with van der Waals surface area (Å²) in [5.74, 6) is 0.806. The highest BCUT2D eigenvalue weighted by Crippen LogP contribution is 2.38. The normalized spacial score (nSPS) is 11.5. The molecule has 3 nitrogen and oxygen atoms in total. The molecular formula is C23H24O3. The molecule has 0 heterocycles. The lowest BCUT2D eigenvalue weighted by molar-refractivity contribution is 0.465. The van der Waals surface area contributed by atoms with Gasteiger partial charge < -0.3 is 15.3 Å². The maximum atomic E-state index is 10.1. The molecule has 3 rings (SSSR count). The lowest BCUT2D eigenvalue weighted by Crippen LogP contribution is -2.26. The molecule has 3 aromatic carbocycles. The van der Waals surface area contributed by atoms with E-state index >= 15 is 0 Å². The maximum absolute atomic E-state index is 10.1. The van der Waals surface area contributed by atoms with Crippen LogP contribution in [-0.2, 0) is 11.8 Å². The lowest BCUT2D eigenvalue weighted by Gasteiger charge is -2.32. The van der Waals surface area contributed by atoms with Crippen LogP contribution in [0, 0.1) is 13.8 Å². The molecule has 3 heteroatoms. The lowest BCUT2D eigenvalue weighted by atomic mass is 9.72. The Bertz CT molecular complexity index is 841. The second-order valence-electron chi connectivity index (χ2n) is 7.18. The van der Waals surface area contributed by atoms with Crippen molar-refractivity contribution in [1.82, 2.24) is 0 Å². The quantitative estimate of drug-likeness (QED) is 0.624. The number of phenols is 3. The Kier molecular flexibility index (Phi) is 4.64. The molecule has 0 aliphatic heterocycles. The van der Waals surface area contributed by atoms with E-state index in [1.165, 1.54) is 0 Å². The molecule has 134 valence electrons. The summed E-state index contributed by atoms with van der Waals surface area (Å²) in [4.78, 5) is 0. The van der Waals surface area contributed by atoms with Crippen molar-refractivity contribution in [2.45, 2.75) is 32.6 Å². The van der Waals surface area contributed by atoms with E-state index in [9.17, 15) is 15.3 Å². The van der Waals surface area contributed by atoms with Gasteiger partial charge in [0.2, 0.25) is 0 Å². The molecule has 0 saturated heterocycles. The summed E-state index contributed by atoms with van der Waals surface area (Å²) in [5.41, 5.74) is 4.64. The molecule has 0 radical (unpaired) electrons. The van der Waals surface area contributed by atoms with Crippen LogP contribution in [0.15, 0.2) is 60.7 Å². The Labute approximate surface area is 154 Å². The number of aryl methyl sites for hydroxylation is 2. The van der Waals surface area contributed by atoms with Crippen molar-refractivity contribution in [3.63, 3.8) is 0 Å². The van der Waals surface area contributed by atoms with Gasteiger partial charge in [0.25, 0.3) is 0 Å². The van der Waals surface area contributed by atoms with E-state index in [1.807, 2.05) is 50.2 Å². The van der Waals surface area contributed by atoms with Crippen LogP contribution in [0.25, 0.3) is 0 Å². The van der Waals surface area contributed by atoms with E-state index in [4.69, 9.17) is 0 Å². The zero-order valence-electron chi connectivity index (χ0n) is 15.3. The molecule has 0 saturated carbocycles. The number of hydrogen-bond donors (Lipinski definition) is 3. The average molecular weight is 348 g/mol. The van der Waals surface area contributed by atoms with Crippen molar-refractivity contribution in [3.05, 3.63) is 88.5 Å². The zero-order chi connectivity index (χ0) is 18.9. The SMILES string of the molecule is Cc1cc(CC(C)(c2ccc(O)cc2)c2ccc(O)cc2)cc(C)c1O. The Balaban J connectivity index is 2.11. The highest BCUT2D eigenvalue weighted by atomic mass is 16.3. The van der Waals surface area contributed by atoms with Crippen molar-refractivity contribution in [2.24, 2.45) is 0 Å². The smallest absolute Gasteiger partial charge is 0.121 e. The van der Waals surface area contributed by atoms with Gasteiger partial charge in [-0.25, -0.2) is 0 Å². The Morgan fingerprint density at radius 1 is 0.692 bits per heavy atom. The molecular weight excluding hydrogens is 324 g/mol. The number of phenolic OH excluding ortho intramolecular Hbond substituents is 3. The summed E-state index contributed by atoms with van der Waals surface area (Å²) in [6.07, 6.45) is 0.727. The van der Waals surface area contributed by atoms with Crippen LogP contribution in [-0.4, -0.2) is 15.3 Å². The Hall–Kier alpha value is -2.94. The molecule has 0 aromatic heterocycles. The fraction of sp³-hybridized carbons (Fsp3) is 0.217. The Morgan fingerprint density at radius 2 is 1.08 bits per heavy atom. The van der Waals surface area contributed by atoms with Gasteiger partial charge in [-0.3, -0.25) is 0 Å². The molecule has 3 N–H and O–H groups in total. The van der Waals surface area contributed by atoms with Gasteiger partial charge in [-0.1, -0.05) is 43.3 Å². The summed E-state index contributed by atoms with van der Waals surface area (Å²) in [6.45, 7) is 5.97. The molecule has 0 atom stereocenters. The number of rotatable bonds is 4. The minimum atomic E-state index is -0.350. The summed E-state index contributed by atoms with van der Waals surface area (Å²) >= 11 is 0. The molecule has 0 spiro atoms. The molecule has 0 aliphatic rings. The van der Waals surface area contributed by atoms with Gasteiger partial charge in [0.15, 0.2) is 0 Å². The van der Waals surface area contributed by atoms with Crippen LogP contribution in [0.2, 0.25) is 0 Å². The highest BCUT2D eigenvalue weighted by Gasteiger charge is 2.29. The summed E-state index contributed by atoms with van der Waals surface area (Å²) < 4.78 is 0. The fourth-order valence-electron chi connectivity index (χ4n) is 3.59. The topological polar surface area (TPSA) is 60.7 Å². The number of hydrogen-bond acceptors (Lipinski definition) is 3. The van der Waals surface area contributed by atoms with Gasteiger partial charge in [0.05, 0.1) is 0 Å². The van der Waals surface area contributed by atoms with Crippen LogP contribution >= 0.6 is 0 Å². The van der Waals surface area contributed by atoms with Crippen LogP contribution < -0.4 is 0 Å². The predicted molar refractivity (Wildman–Crippen MR) is 104 cm³/mol. The summed E-state index contributed by atoms with van der Waals surface area (Å²) in [5, 5.41) is 29.4. The van der Waals surface area contributed by atoms with Crippen LogP contribution in [0.3, 0.4) is 0 Å². The molecule has 0 bridgehead atoms. The highest BCUT2D eigenvalue weighted by molar-refractivity contribution is 5.47. The fourth-order valence-corrected chi connectivity index (χ4v) is 3.59. The van der Waals surface area contributed by atoms with Gasteiger partial charge >= 0.3 is 0 Å².